The highest BCUT2D eigenvalue weighted by Crippen LogP contribution is 2.26. The van der Waals surface area contributed by atoms with E-state index < -0.39 is 0 Å². The number of nitrogens with zero attached hydrogens (tertiary/aromatic N) is 1. The second-order valence-electron chi connectivity index (χ2n) is 5.30. The van der Waals surface area contributed by atoms with E-state index >= 15 is 0 Å². The van der Waals surface area contributed by atoms with Gasteiger partial charge in [-0.1, -0.05) is 25.8 Å². The number of hydrogen-bond acceptors (Lipinski definition) is 3. The van der Waals surface area contributed by atoms with Crippen LogP contribution < -0.4 is 5.32 Å². The summed E-state index contributed by atoms with van der Waals surface area (Å²) in [6, 6.07) is 4.19. The van der Waals surface area contributed by atoms with Crippen molar-refractivity contribution in [1.82, 2.24) is 10.3 Å². The highest BCUT2D eigenvalue weighted by molar-refractivity contribution is 5.13. The second-order valence-corrected chi connectivity index (χ2v) is 5.30. The Hall–Kier alpha value is -0.930. The molecule has 2 rings (SSSR count). The predicted octanol–water partition coefficient (Wildman–Crippen LogP) is 2.90. The first-order valence-electron chi connectivity index (χ1n) is 6.99. The number of ether oxygens (including phenoxy) is 1. The van der Waals surface area contributed by atoms with Gasteiger partial charge in [0.25, 0.3) is 0 Å². The molecule has 1 aliphatic carbocycles. The number of pyridine rings is 1. The van der Waals surface area contributed by atoms with E-state index in [1.807, 2.05) is 13.2 Å². The van der Waals surface area contributed by atoms with E-state index in [0.717, 1.165) is 12.2 Å². The van der Waals surface area contributed by atoms with E-state index in [-0.39, 0.29) is 0 Å². The minimum Gasteiger partial charge on any atom is -0.372 e. The molecule has 0 spiro atoms. The summed E-state index contributed by atoms with van der Waals surface area (Å²) in [5.74, 6) is 0.697. The summed E-state index contributed by atoms with van der Waals surface area (Å²) >= 11 is 0. The zero-order chi connectivity index (χ0) is 12.8. The Morgan fingerprint density at radius 3 is 2.83 bits per heavy atom. The van der Waals surface area contributed by atoms with Gasteiger partial charge in [0.05, 0.1) is 18.4 Å². The van der Waals surface area contributed by atoms with Gasteiger partial charge in [0.2, 0.25) is 0 Å². The smallest absolute Gasteiger partial charge is 0.0891 e. The average molecular weight is 248 g/mol. The van der Waals surface area contributed by atoms with Crippen LogP contribution in [-0.4, -0.2) is 18.1 Å². The van der Waals surface area contributed by atoms with Gasteiger partial charge in [0.1, 0.15) is 0 Å². The van der Waals surface area contributed by atoms with E-state index in [2.05, 4.69) is 29.4 Å². The predicted molar refractivity (Wildman–Crippen MR) is 73.2 cm³/mol. The number of nitrogens with one attached hydrogen (secondary N) is 1. The molecule has 1 aliphatic rings. The zero-order valence-corrected chi connectivity index (χ0v) is 11.5. The Bertz CT molecular complexity index is 350. The van der Waals surface area contributed by atoms with Crippen molar-refractivity contribution < 1.29 is 4.74 Å². The Morgan fingerprint density at radius 2 is 2.17 bits per heavy atom. The molecule has 2 unspecified atom stereocenters. The van der Waals surface area contributed by atoms with Crippen LogP contribution in [0.5, 0.6) is 0 Å². The summed E-state index contributed by atoms with van der Waals surface area (Å²) in [5, 5.41) is 3.12. The monoisotopic (exact) mass is 248 g/mol. The number of rotatable bonds is 5. The molecule has 0 amide bonds. The molecule has 1 heterocycles. The first-order chi connectivity index (χ1) is 8.79. The van der Waals surface area contributed by atoms with Crippen LogP contribution in [0.1, 0.15) is 43.9 Å². The van der Waals surface area contributed by atoms with Crippen molar-refractivity contribution in [2.45, 2.75) is 51.9 Å². The fraction of sp³-hybridized carbons (Fsp3) is 0.667. The lowest BCUT2D eigenvalue weighted by Crippen LogP contribution is -2.25. The molecule has 18 heavy (non-hydrogen) atoms. The average Bonchev–Trinajstić information content (AvgIpc) is 2.40. The normalized spacial score (nSPS) is 24.1. The van der Waals surface area contributed by atoms with Crippen molar-refractivity contribution >= 4 is 0 Å². The molecule has 0 radical (unpaired) electrons. The van der Waals surface area contributed by atoms with E-state index in [0.29, 0.717) is 18.6 Å². The molecule has 1 aromatic rings. The van der Waals surface area contributed by atoms with Crippen molar-refractivity contribution in [2.24, 2.45) is 5.92 Å². The Labute approximate surface area is 110 Å². The maximum atomic E-state index is 6.00. The third-order valence-electron chi connectivity index (χ3n) is 3.74. The third-order valence-corrected chi connectivity index (χ3v) is 3.74. The lowest BCUT2D eigenvalue weighted by molar-refractivity contribution is -0.0167. The first-order valence-corrected chi connectivity index (χ1v) is 6.99. The van der Waals surface area contributed by atoms with Gasteiger partial charge in [0.15, 0.2) is 0 Å². The molecule has 0 bridgehead atoms. The maximum Gasteiger partial charge on any atom is 0.0891 e. The SMILES string of the molecule is CNCc1ccc(COC2CCCCC2C)nc1. The fourth-order valence-electron chi connectivity index (χ4n) is 2.57. The largest absolute Gasteiger partial charge is 0.372 e. The first kappa shape index (κ1) is 13.5. The van der Waals surface area contributed by atoms with Gasteiger partial charge in [0, 0.05) is 12.7 Å². The minimum absolute atomic E-state index is 0.428. The molecule has 1 N–H and O–H groups in total. The highest BCUT2D eigenvalue weighted by Gasteiger charge is 2.21. The fourth-order valence-corrected chi connectivity index (χ4v) is 2.57. The third kappa shape index (κ3) is 3.79. The van der Waals surface area contributed by atoms with E-state index in [1.54, 1.807) is 0 Å². The molecule has 2 atom stereocenters. The summed E-state index contributed by atoms with van der Waals surface area (Å²) < 4.78 is 6.00. The molecule has 1 fully saturated rings. The highest BCUT2D eigenvalue weighted by atomic mass is 16.5. The summed E-state index contributed by atoms with van der Waals surface area (Å²) in [5.41, 5.74) is 2.25. The standard InChI is InChI=1S/C15H24N2O/c1-12-5-3-4-6-15(12)18-11-14-8-7-13(9-16-2)10-17-14/h7-8,10,12,15-16H,3-6,9,11H2,1-2H3. The van der Waals surface area contributed by atoms with Crippen LogP contribution >= 0.6 is 0 Å². The molecule has 1 saturated carbocycles. The topological polar surface area (TPSA) is 34.1 Å². The molecular weight excluding hydrogens is 224 g/mol. The lowest BCUT2D eigenvalue weighted by atomic mass is 9.88. The van der Waals surface area contributed by atoms with Crippen LogP contribution in [0.25, 0.3) is 0 Å². The summed E-state index contributed by atoms with van der Waals surface area (Å²) in [6.07, 6.45) is 7.54. The molecule has 3 nitrogen and oxygen atoms in total. The zero-order valence-electron chi connectivity index (χ0n) is 11.5. The van der Waals surface area contributed by atoms with Gasteiger partial charge in [-0.15, -0.1) is 0 Å². The van der Waals surface area contributed by atoms with E-state index in [4.69, 9.17) is 4.74 Å². The van der Waals surface area contributed by atoms with Gasteiger partial charge < -0.3 is 10.1 Å². The van der Waals surface area contributed by atoms with Crippen molar-refractivity contribution in [1.29, 1.82) is 0 Å². The van der Waals surface area contributed by atoms with Gasteiger partial charge in [-0.2, -0.15) is 0 Å². The Balaban J connectivity index is 1.82. The molecule has 0 aliphatic heterocycles. The van der Waals surface area contributed by atoms with Crippen molar-refractivity contribution in [3.05, 3.63) is 29.6 Å². The van der Waals surface area contributed by atoms with Crippen LogP contribution in [0, 0.1) is 5.92 Å². The van der Waals surface area contributed by atoms with Crippen molar-refractivity contribution in [3.63, 3.8) is 0 Å². The lowest BCUT2D eigenvalue weighted by Gasteiger charge is -2.28. The summed E-state index contributed by atoms with van der Waals surface area (Å²) in [6.45, 7) is 3.82. The Kier molecular flexibility index (Phi) is 5.14. The second kappa shape index (κ2) is 6.86. The van der Waals surface area contributed by atoms with Gasteiger partial charge in [-0.25, -0.2) is 0 Å². The summed E-state index contributed by atoms with van der Waals surface area (Å²) in [4.78, 5) is 4.44. The molecule has 0 saturated heterocycles. The van der Waals surface area contributed by atoms with Crippen LogP contribution in [0.3, 0.4) is 0 Å². The van der Waals surface area contributed by atoms with Crippen LogP contribution in [-0.2, 0) is 17.9 Å². The summed E-state index contributed by atoms with van der Waals surface area (Å²) in [7, 11) is 1.95. The number of hydrogen-bond donors (Lipinski definition) is 1. The molecule has 3 heteroatoms. The van der Waals surface area contributed by atoms with Crippen LogP contribution in [0.15, 0.2) is 18.3 Å². The van der Waals surface area contributed by atoms with Crippen LogP contribution in [0.2, 0.25) is 0 Å². The van der Waals surface area contributed by atoms with Crippen molar-refractivity contribution in [3.8, 4) is 0 Å². The van der Waals surface area contributed by atoms with Gasteiger partial charge in [-0.05, 0) is 37.4 Å². The van der Waals surface area contributed by atoms with Gasteiger partial charge in [-0.3, -0.25) is 4.98 Å². The quantitative estimate of drug-likeness (QED) is 0.870. The Morgan fingerprint density at radius 1 is 1.33 bits per heavy atom. The van der Waals surface area contributed by atoms with E-state index in [9.17, 15) is 0 Å². The van der Waals surface area contributed by atoms with E-state index in [1.165, 1.54) is 31.2 Å². The van der Waals surface area contributed by atoms with Crippen molar-refractivity contribution in [2.75, 3.05) is 7.05 Å². The minimum atomic E-state index is 0.428. The van der Waals surface area contributed by atoms with Crippen LogP contribution in [0.4, 0.5) is 0 Å². The number of aromatic nitrogens is 1. The molecule has 0 aromatic carbocycles. The maximum absolute atomic E-state index is 6.00. The molecule has 1 aromatic heterocycles. The molecule has 100 valence electrons. The van der Waals surface area contributed by atoms with Gasteiger partial charge >= 0.3 is 0 Å². The molecular formula is C15H24N2O.